The van der Waals surface area contributed by atoms with E-state index in [1.54, 1.807) is 12.4 Å². The first kappa shape index (κ1) is 21.8. The fraction of sp³-hybridized carbons (Fsp3) is 0.423. The van der Waals surface area contributed by atoms with Gasteiger partial charge in [0.25, 0.3) is 5.91 Å². The van der Waals surface area contributed by atoms with Crippen molar-refractivity contribution in [2.24, 2.45) is 0 Å². The summed E-state index contributed by atoms with van der Waals surface area (Å²) < 4.78 is 1.87. The van der Waals surface area contributed by atoms with Gasteiger partial charge in [0.05, 0.1) is 12.1 Å². The summed E-state index contributed by atoms with van der Waals surface area (Å²) in [5, 5.41) is 4.79. The number of hydrogen-bond acceptors (Lipinski definition) is 5. The van der Waals surface area contributed by atoms with Gasteiger partial charge >= 0.3 is 0 Å². The van der Waals surface area contributed by atoms with Crippen molar-refractivity contribution in [2.75, 3.05) is 52.4 Å². The lowest BCUT2D eigenvalue weighted by Crippen LogP contribution is -2.50. The summed E-state index contributed by atoms with van der Waals surface area (Å²) in [7, 11) is 0. The summed E-state index contributed by atoms with van der Waals surface area (Å²) in [6.45, 7) is 8.73. The Labute approximate surface area is 195 Å². The molecule has 2 aromatic heterocycles. The van der Waals surface area contributed by atoms with E-state index in [0.29, 0.717) is 17.8 Å². The van der Waals surface area contributed by atoms with Crippen LogP contribution in [0.1, 0.15) is 28.8 Å². The number of rotatable bonds is 7. The fourth-order valence-electron chi connectivity index (χ4n) is 4.78. The van der Waals surface area contributed by atoms with Crippen molar-refractivity contribution < 1.29 is 4.79 Å². The Kier molecular flexibility index (Phi) is 6.79. The number of carbonyl (C=O) groups is 1. The number of nitrogens with zero attached hydrogens (tertiary/aromatic N) is 6. The van der Waals surface area contributed by atoms with Crippen LogP contribution in [0, 0.1) is 0 Å². The molecule has 0 aliphatic carbocycles. The lowest BCUT2D eigenvalue weighted by molar-refractivity contribution is 0.0627. The van der Waals surface area contributed by atoms with Crippen LogP contribution in [0.2, 0.25) is 0 Å². The minimum Gasteiger partial charge on any atom is -0.336 e. The molecule has 4 heterocycles. The van der Waals surface area contributed by atoms with Crippen LogP contribution in [0.25, 0.3) is 11.3 Å². The Morgan fingerprint density at radius 1 is 0.848 bits per heavy atom. The van der Waals surface area contributed by atoms with Crippen LogP contribution in [0.15, 0.2) is 61.1 Å². The minimum atomic E-state index is 0.0624. The molecule has 7 nitrogen and oxygen atoms in total. The second-order valence-corrected chi connectivity index (χ2v) is 9.00. The average molecular weight is 445 g/mol. The van der Waals surface area contributed by atoms with Crippen LogP contribution in [-0.2, 0) is 6.54 Å². The molecule has 0 spiro atoms. The van der Waals surface area contributed by atoms with E-state index in [-0.39, 0.29) is 5.91 Å². The van der Waals surface area contributed by atoms with Crippen LogP contribution in [0.5, 0.6) is 0 Å². The highest BCUT2D eigenvalue weighted by atomic mass is 16.2. The first-order valence-corrected chi connectivity index (χ1v) is 12.0. The van der Waals surface area contributed by atoms with Gasteiger partial charge in [0.1, 0.15) is 5.69 Å². The van der Waals surface area contributed by atoms with E-state index >= 15 is 0 Å². The lowest BCUT2D eigenvalue weighted by atomic mass is 10.1. The molecule has 0 radical (unpaired) electrons. The third kappa shape index (κ3) is 5.31. The summed E-state index contributed by atoms with van der Waals surface area (Å²) in [6, 6.07) is 14.1. The zero-order valence-electron chi connectivity index (χ0n) is 19.1. The monoisotopic (exact) mass is 444 g/mol. The number of piperazine rings is 1. The Balaban J connectivity index is 1.28. The number of likely N-dealkylation sites (tertiary alicyclic amines) is 1. The number of aromatic nitrogens is 3. The molecule has 2 aliphatic rings. The molecule has 2 fully saturated rings. The molecule has 2 saturated heterocycles. The summed E-state index contributed by atoms with van der Waals surface area (Å²) in [5.41, 5.74) is 3.39. The molecule has 2 aliphatic heterocycles. The number of hydrogen-bond donors (Lipinski definition) is 0. The van der Waals surface area contributed by atoms with Crippen molar-refractivity contribution in [1.29, 1.82) is 0 Å². The molecule has 0 bridgehead atoms. The molecule has 3 aromatic rings. The number of amides is 1. The van der Waals surface area contributed by atoms with Gasteiger partial charge in [-0.2, -0.15) is 5.10 Å². The molecule has 0 N–H and O–H groups in total. The molecule has 33 heavy (non-hydrogen) atoms. The molecule has 1 aromatic carbocycles. The number of carbonyl (C=O) groups excluding carboxylic acids is 1. The van der Waals surface area contributed by atoms with E-state index in [2.05, 4.69) is 26.9 Å². The van der Waals surface area contributed by atoms with Gasteiger partial charge in [0.2, 0.25) is 0 Å². The zero-order chi connectivity index (χ0) is 22.5. The van der Waals surface area contributed by atoms with Crippen molar-refractivity contribution >= 4 is 5.91 Å². The third-order valence-corrected chi connectivity index (χ3v) is 6.71. The van der Waals surface area contributed by atoms with Gasteiger partial charge in [-0.1, -0.05) is 30.3 Å². The van der Waals surface area contributed by atoms with E-state index in [1.165, 1.54) is 25.9 Å². The first-order valence-electron chi connectivity index (χ1n) is 12.0. The predicted octanol–water partition coefficient (Wildman–Crippen LogP) is 2.85. The average Bonchev–Trinajstić information content (AvgIpc) is 3.54. The summed E-state index contributed by atoms with van der Waals surface area (Å²) in [4.78, 5) is 24.8. The van der Waals surface area contributed by atoms with Gasteiger partial charge in [-0.25, -0.2) is 0 Å². The lowest BCUT2D eigenvalue weighted by Gasteiger charge is -2.35. The van der Waals surface area contributed by atoms with E-state index in [4.69, 9.17) is 5.10 Å². The molecular weight excluding hydrogens is 412 g/mol. The standard InChI is InChI=1S/C26H32N6O/c33-26(31-17-15-30(16-18-31)14-13-29-11-4-5-12-29)24-21-32(20-22-7-2-1-3-8-22)28-25(24)23-9-6-10-27-19-23/h1-3,6-10,19,21H,4-5,11-18,20H2. The second-order valence-electron chi connectivity index (χ2n) is 9.00. The number of benzene rings is 1. The van der Waals surface area contributed by atoms with Gasteiger partial charge in [-0.3, -0.25) is 19.4 Å². The SMILES string of the molecule is O=C(c1cn(Cc2ccccc2)nc1-c1cccnc1)N1CCN(CCN2CCCC2)CC1. The fourth-order valence-corrected chi connectivity index (χ4v) is 4.78. The summed E-state index contributed by atoms with van der Waals surface area (Å²) in [5.74, 6) is 0.0624. The van der Waals surface area contributed by atoms with Gasteiger partial charge in [-0.05, 0) is 43.6 Å². The second kappa shape index (κ2) is 10.3. The van der Waals surface area contributed by atoms with Crippen LogP contribution >= 0.6 is 0 Å². The molecule has 0 saturated carbocycles. The first-order chi connectivity index (χ1) is 16.3. The van der Waals surface area contributed by atoms with E-state index in [9.17, 15) is 4.79 Å². The number of pyridine rings is 1. The molecular formula is C26H32N6O. The Morgan fingerprint density at radius 2 is 1.58 bits per heavy atom. The van der Waals surface area contributed by atoms with Crippen LogP contribution in [0.3, 0.4) is 0 Å². The van der Waals surface area contributed by atoms with Crippen molar-refractivity contribution in [3.63, 3.8) is 0 Å². The summed E-state index contributed by atoms with van der Waals surface area (Å²) in [6.07, 6.45) is 8.09. The largest absolute Gasteiger partial charge is 0.336 e. The van der Waals surface area contributed by atoms with Crippen molar-refractivity contribution in [2.45, 2.75) is 19.4 Å². The van der Waals surface area contributed by atoms with E-state index in [1.807, 2.05) is 46.1 Å². The van der Waals surface area contributed by atoms with Crippen molar-refractivity contribution in [1.82, 2.24) is 29.5 Å². The van der Waals surface area contributed by atoms with Gasteiger partial charge in [0.15, 0.2) is 0 Å². The highest BCUT2D eigenvalue weighted by molar-refractivity contribution is 5.99. The van der Waals surface area contributed by atoms with Crippen LogP contribution < -0.4 is 0 Å². The van der Waals surface area contributed by atoms with Crippen molar-refractivity contribution in [3.8, 4) is 11.3 Å². The Bertz CT molecular complexity index is 1040. The van der Waals surface area contributed by atoms with Crippen molar-refractivity contribution in [3.05, 3.63) is 72.2 Å². The van der Waals surface area contributed by atoms with Crippen LogP contribution in [0.4, 0.5) is 0 Å². The highest BCUT2D eigenvalue weighted by Gasteiger charge is 2.27. The highest BCUT2D eigenvalue weighted by Crippen LogP contribution is 2.24. The minimum absolute atomic E-state index is 0.0624. The summed E-state index contributed by atoms with van der Waals surface area (Å²) >= 11 is 0. The third-order valence-electron chi connectivity index (χ3n) is 6.71. The maximum absolute atomic E-state index is 13.6. The normalized spacial score (nSPS) is 17.5. The van der Waals surface area contributed by atoms with E-state index < -0.39 is 0 Å². The maximum atomic E-state index is 13.6. The van der Waals surface area contributed by atoms with E-state index in [0.717, 1.165) is 50.4 Å². The van der Waals surface area contributed by atoms with Gasteiger partial charge in [0, 0.05) is 63.4 Å². The topological polar surface area (TPSA) is 57.5 Å². The molecule has 1 amide bonds. The maximum Gasteiger partial charge on any atom is 0.257 e. The predicted molar refractivity (Wildman–Crippen MR) is 129 cm³/mol. The zero-order valence-corrected chi connectivity index (χ0v) is 19.1. The van der Waals surface area contributed by atoms with Crippen LogP contribution in [-0.4, -0.2) is 87.7 Å². The quantitative estimate of drug-likeness (QED) is 0.561. The molecule has 5 rings (SSSR count). The smallest absolute Gasteiger partial charge is 0.257 e. The molecule has 0 unspecified atom stereocenters. The molecule has 0 atom stereocenters. The van der Waals surface area contributed by atoms with Gasteiger partial charge in [-0.15, -0.1) is 0 Å². The molecule has 172 valence electrons. The Hall–Kier alpha value is -3.03. The molecule has 7 heteroatoms. The van der Waals surface area contributed by atoms with Gasteiger partial charge < -0.3 is 9.80 Å². The Morgan fingerprint density at radius 3 is 2.27 bits per heavy atom.